The summed E-state index contributed by atoms with van der Waals surface area (Å²) in [5.74, 6) is -48.3. The Hall–Kier alpha value is -1.56. The van der Waals surface area contributed by atoms with Gasteiger partial charge in [0.05, 0.1) is 0 Å². The third kappa shape index (κ3) is 2.94. The molecule has 0 aromatic carbocycles. The molecule has 0 unspecified atom stereocenters. The molecule has 0 aromatic heterocycles. The van der Waals surface area contributed by atoms with Crippen molar-refractivity contribution in [2.24, 2.45) is 0 Å². The van der Waals surface area contributed by atoms with E-state index in [2.05, 4.69) is 0 Å². The van der Waals surface area contributed by atoms with Gasteiger partial charge >= 0.3 is 41.7 Å². The van der Waals surface area contributed by atoms with E-state index in [-0.39, 0.29) is 0 Å². The fourth-order valence-corrected chi connectivity index (χ4v) is 1.10. The molecule has 0 aliphatic rings. The summed E-state index contributed by atoms with van der Waals surface area (Å²) in [6, 6.07) is 0. The third-order valence-corrected chi connectivity index (χ3v) is 2.53. The van der Waals surface area contributed by atoms with E-state index in [1.807, 2.05) is 0 Å². The van der Waals surface area contributed by atoms with Gasteiger partial charge in [-0.2, -0.15) is 65.9 Å². The van der Waals surface area contributed by atoms with Gasteiger partial charge in [0.2, 0.25) is 0 Å². The van der Waals surface area contributed by atoms with Crippen LogP contribution in [-0.2, 0) is 0 Å². The zero-order valence-corrected chi connectivity index (χ0v) is 10.5. The highest BCUT2D eigenvalue weighted by Gasteiger charge is 2.93. The van der Waals surface area contributed by atoms with E-state index in [4.69, 9.17) is 0 Å². The number of halogens is 16. The zero-order valence-electron chi connectivity index (χ0n) is 10.5. The molecular formula is C9F16. The van der Waals surface area contributed by atoms with Crippen molar-refractivity contribution in [3.8, 4) is 12.1 Å². The average Bonchev–Trinajstić information content (AvgIpc) is 2.35. The maximum atomic E-state index is 12.9. The van der Waals surface area contributed by atoms with Crippen molar-refractivity contribution in [1.82, 2.24) is 0 Å². The van der Waals surface area contributed by atoms with Gasteiger partial charge in [-0.1, -0.05) is 0 Å². The Morgan fingerprint density at radius 1 is 0.400 bits per heavy atom. The zero-order chi connectivity index (χ0) is 20.9. The van der Waals surface area contributed by atoms with Crippen molar-refractivity contribution in [1.29, 1.82) is 0 Å². The summed E-state index contributed by atoms with van der Waals surface area (Å²) in [6.07, 6.45) is -8.30. The Kier molecular flexibility index (Phi) is 5.37. The van der Waals surface area contributed by atoms with Crippen LogP contribution in [0.5, 0.6) is 0 Å². The van der Waals surface area contributed by atoms with Crippen LogP contribution in [0.25, 0.3) is 0 Å². The second kappa shape index (κ2) is 5.73. The summed E-state index contributed by atoms with van der Waals surface area (Å²) < 4.78 is 198. The maximum Gasteiger partial charge on any atom is 0.460 e. The average molecular weight is 412 g/mol. The van der Waals surface area contributed by atoms with E-state index < -0.39 is 53.8 Å². The van der Waals surface area contributed by atoms with Crippen LogP contribution in [0.1, 0.15) is 0 Å². The maximum absolute atomic E-state index is 12.9. The summed E-state index contributed by atoms with van der Waals surface area (Å²) in [7, 11) is 0. The van der Waals surface area contributed by atoms with Gasteiger partial charge in [0.15, 0.2) is 0 Å². The monoisotopic (exact) mass is 412 g/mol. The minimum absolute atomic E-state index is 0.643. The molecule has 16 heteroatoms. The lowest BCUT2D eigenvalue weighted by Gasteiger charge is -2.40. The predicted octanol–water partition coefficient (Wildman–Crippen LogP) is 5.29. The molecule has 0 aliphatic carbocycles. The first-order valence-electron chi connectivity index (χ1n) is 5.02. The molecular weight excluding hydrogens is 412 g/mol. The van der Waals surface area contributed by atoms with Crippen LogP contribution in [0, 0.1) is 12.1 Å². The van der Waals surface area contributed by atoms with Crippen LogP contribution in [0.15, 0.2) is 0 Å². The largest absolute Gasteiger partial charge is 0.460 e. The normalized spacial score (nSPS) is 15.7. The smallest absolute Gasteiger partial charge is 0.192 e. The molecule has 0 saturated heterocycles. The summed E-state index contributed by atoms with van der Waals surface area (Å²) in [4.78, 5) is 0. The Balaban J connectivity index is 6.53. The molecule has 0 radical (unpaired) electrons. The fourth-order valence-electron chi connectivity index (χ4n) is 1.10. The van der Waals surface area contributed by atoms with Crippen LogP contribution < -0.4 is 0 Å². The van der Waals surface area contributed by atoms with Crippen molar-refractivity contribution < 1.29 is 70.2 Å². The molecule has 0 aromatic rings. The predicted molar refractivity (Wildman–Crippen MR) is 44.6 cm³/mol. The summed E-state index contributed by atoms with van der Waals surface area (Å²) in [5.41, 5.74) is 0. The van der Waals surface area contributed by atoms with Crippen LogP contribution in [0.2, 0.25) is 0 Å². The summed E-state index contributed by atoms with van der Waals surface area (Å²) in [5, 5.41) is 0. The topological polar surface area (TPSA) is 0 Å². The van der Waals surface area contributed by atoms with Gasteiger partial charge in [0.25, 0.3) is 0 Å². The van der Waals surface area contributed by atoms with Crippen molar-refractivity contribution in [3.05, 3.63) is 0 Å². The molecule has 0 rings (SSSR count). The summed E-state index contributed by atoms with van der Waals surface area (Å²) >= 11 is 0. The second-order valence-corrected chi connectivity index (χ2v) is 4.16. The number of alkyl halides is 15. The summed E-state index contributed by atoms with van der Waals surface area (Å²) in [6.45, 7) is 0. The lowest BCUT2D eigenvalue weighted by molar-refractivity contribution is -0.449. The van der Waals surface area contributed by atoms with Gasteiger partial charge in [0.1, 0.15) is 6.17 Å². The Bertz CT molecular complexity index is 554. The van der Waals surface area contributed by atoms with Crippen LogP contribution in [-0.4, -0.2) is 41.7 Å². The SMILES string of the molecule is FC#CC(F)(F)C(F)(F)C(F)(F)C(F)(F)C(F)(F)C(F)(F)C(F)(F)F. The number of hydrogen-bond donors (Lipinski definition) is 0. The fraction of sp³-hybridized carbons (Fsp3) is 0.778. The van der Waals surface area contributed by atoms with E-state index in [1.54, 1.807) is 0 Å². The van der Waals surface area contributed by atoms with Crippen LogP contribution >= 0.6 is 0 Å². The van der Waals surface area contributed by atoms with Crippen molar-refractivity contribution in [3.63, 3.8) is 0 Å². The lowest BCUT2D eigenvalue weighted by Crippen LogP contribution is -2.72. The highest BCUT2D eigenvalue weighted by atomic mass is 19.4. The standard InChI is InChI=1S/C9F16/c10-2-1-3(11,12)4(13,14)5(15,16)6(17,18)7(19,20)8(21,22)9(23,24)25. The Labute approximate surface area is 125 Å². The molecule has 0 nitrogen and oxygen atoms in total. The molecule has 0 fully saturated rings. The minimum atomic E-state index is -8.38. The Morgan fingerprint density at radius 2 is 0.680 bits per heavy atom. The van der Waals surface area contributed by atoms with Gasteiger partial charge < -0.3 is 0 Å². The molecule has 148 valence electrons. The molecule has 0 atom stereocenters. The van der Waals surface area contributed by atoms with Crippen molar-refractivity contribution >= 4 is 0 Å². The second-order valence-electron chi connectivity index (χ2n) is 4.16. The molecule has 0 aliphatic heterocycles. The molecule has 0 bridgehead atoms. The molecule has 0 amide bonds. The van der Waals surface area contributed by atoms with E-state index in [1.165, 1.54) is 0 Å². The van der Waals surface area contributed by atoms with E-state index >= 15 is 0 Å². The van der Waals surface area contributed by atoms with Gasteiger partial charge in [-0.3, -0.25) is 0 Å². The lowest BCUT2D eigenvalue weighted by atomic mass is 9.91. The van der Waals surface area contributed by atoms with Gasteiger partial charge in [0, 0.05) is 5.92 Å². The Morgan fingerprint density at radius 3 is 0.960 bits per heavy atom. The van der Waals surface area contributed by atoms with Crippen LogP contribution in [0.4, 0.5) is 70.2 Å². The van der Waals surface area contributed by atoms with Crippen LogP contribution in [0.3, 0.4) is 0 Å². The van der Waals surface area contributed by atoms with E-state index in [9.17, 15) is 70.2 Å². The van der Waals surface area contributed by atoms with Gasteiger partial charge in [-0.05, 0) is 0 Å². The highest BCUT2D eigenvalue weighted by Crippen LogP contribution is 2.62. The van der Waals surface area contributed by atoms with Gasteiger partial charge in [-0.15, -0.1) is 4.39 Å². The minimum Gasteiger partial charge on any atom is -0.192 e. The first kappa shape index (κ1) is 23.4. The first-order valence-corrected chi connectivity index (χ1v) is 5.02. The molecule has 25 heavy (non-hydrogen) atoms. The first-order chi connectivity index (χ1) is 10.6. The third-order valence-electron chi connectivity index (χ3n) is 2.53. The molecule has 0 N–H and O–H groups in total. The van der Waals surface area contributed by atoms with E-state index in [0.717, 1.165) is 0 Å². The van der Waals surface area contributed by atoms with E-state index in [0.29, 0.717) is 0 Å². The number of hydrogen-bond acceptors (Lipinski definition) is 0. The molecule has 0 spiro atoms. The van der Waals surface area contributed by atoms with Crippen molar-refractivity contribution in [2.75, 3.05) is 0 Å². The number of rotatable bonds is 5. The van der Waals surface area contributed by atoms with Crippen molar-refractivity contribution in [2.45, 2.75) is 41.7 Å². The molecule has 0 heterocycles. The quantitative estimate of drug-likeness (QED) is 0.425. The van der Waals surface area contributed by atoms with Gasteiger partial charge in [-0.25, -0.2) is 0 Å². The highest BCUT2D eigenvalue weighted by molar-refractivity contribution is 5.20. The molecule has 0 saturated carbocycles.